The van der Waals surface area contributed by atoms with Gasteiger partial charge in [-0.15, -0.1) is 0 Å². The molecule has 1 fully saturated rings. The average molecular weight is 161 g/mol. The lowest BCUT2D eigenvalue weighted by Gasteiger charge is -2.13. The Balaban J connectivity index is 2.25. The lowest BCUT2D eigenvalue weighted by Crippen LogP contribution is -2.23. The molecule has 1 radical (unpaired) electrons. The minimum atomic E-state index is 0.180. The lowest BCUT2D eigenvalue weighted by atomic mass is 10.4. The number of anilines is 1. The third-order valence-electron chi connectivity index (χ3n) is 1.96. The van der Waals surface area contributed by atoms with Gasteiger partial charge in [0, 0.05) is 19.2 Å². The molecule has 0 unspecified atom stereocenters. The first kappa shape index (κ1) is 7.28. The summed E-state index contributed by atoms with van der Waals surface area (Å²) in [6, 6.07) is 3.67. The van der Waals surface area contributed by atoms with Crippen LogP contribution >= 0.6 is 0 Å². The highest BCUT2D eigenvalue weighted by atomic mass is 16.2. The zero-order valence-electron chi connectivity index (χ0n) is 6.66. The van der Waals surface area contributed by atoms with Crippen LogP contribution in [0.3, 0.4) is 0 Å². The van der Waals surface area contributed by atoms with Crippen LogP contribution < -0.4 is 4.90 Å². The summed E-state index contributed by atoms with van der Waals surface area (Å²) in [5.41, 5.74) is 0.792. The van der Waals surface area contributed by atoms with Crippen molar-refractivity contribution in [2.45, 2.75) is 12.8 Å². The van der Waals surface area contributed by atoms with E-state index in [1.807, 2.05) is 12.1 Å². The van der Waals surface area contributed by atoms with E-state index in [4.69, 9.17) is 0 Å². The second kappa shape index (κ2) is 2.93. The van der Waals surface area contributed by atoms with Gasteiger partial charge in [-0.25, -0.2) is 0 Å². The Bertz CT molecular complexity index is 284. The third kappa shape index (κ3) is 1.18. The number of aromatic nitrogens is 1. The summed E-state index contributed by atoms with van der Waals surface area (Å²) in [7, 11) is 0. The predicted molar refractivity (Wildman–Crippen MR) is 44.7 cm³/mol. The monoisotopic (exact) mass is 161 g/mol. The summed E-state index contributed by atoms with van der Waals surface area (Å²) < 4.78 is 0. The fourth-order valence-electron chi connectivity index (χ4n) is 1.37. The van der Waals surface area contributed by atoms with Crippen LogP contribution in [0.25, 0.3) is 0 Å². The Morgan fingerprint density at radius 1 is 1.58 bits per heavy atom. The van der Waals surface area contributed by atoms with Crippen molar-refractivity contribution in [3.63, 3.8) is 0 Å². The molecule has 0 saturated carbocycles. The molecule has 1 aliphatic heterocycles. The van der Waals surface area contributed by atoms with E-state index >= 15 is 0 Å². The first-order chi connectivity index (χ1) is 5.88. The van der Waals surface area contributed by atoms with E-state index in [1.165, 1.54) is 0 Å². The zero-order valence-corrected chi connectivity index (χ0v) is 6.66. The molecule has 12 heavy (non-hydrogen) atoms. The van der Waals surface area contributed by atoms with Crippen molar-refractivity contribution in [2.75, 3.05) is 11.4 Å². The van der Waals surface area contributed by atoms with Crippen LogP contribution in [0.5, 0.6) is 0 Å². The predicted octanol–water partition coefficient (Wildman–Crippen LogP) is 1.01. The van der Waals surface area contributed by atoms with Crippen LogP contribution in [-0.4, -0.2) is 17.4 Å². The van der Waals surface area contributed by atoms with E-state index in [0.717, 1.165) is 18.7 Å². The number of amides is 1. The zero-order chi connectivity index (χ0) is 8.39. The van der Waals surface area contributed by atoms with Crippen LogP contribution in [0.1, 0.15) is 12.8 Å². The Morgan fingerprint density at radius 3 is 3.08 bits per heavy atom. The highest BCUT2D eigenvalue weighted by Gasteiger charge is 2.21. The van der Waals surface area contributed by atoms with Gasteiger partial charge in [0.25, 0.3) is 0 Å². The molecule has 2 heterocycles. The highest BCUT2D eigenvalue weighted by Crippen LogP contribution is 2.18. The lowest BCUT2D eigenvalue weighted by molar-refractivity contribution is -0.117. The fourth-order valence-corrected chi connectivity index (χ4v) is 1.37. The van der Waals surface area contributed by atoms with Gasteiger partial charge in [0.2, 0.25) is 5.91 Å². The average Bonchev–Trinajstić information content (AvgIpc) is 2.53. The molecule has 0 N–H and O–H groups in total. The van der Waals surface area contributed by atoms with Crippen molar-refractivity contribution in [1.29, 1.82) is 0 Å². The molecule has 0 aromatic carbocycles. The molecular weight excluding hydrogens is 152 g/mol. The number of rotatable bonds is 1. The van der Waals surface area contributed by atoms with Crippen molar-refractivity contribution in [2.24, 2.45) is 0 Å². The van der Waals surface area contributed by atoms with E-state index in [1.54, 1.807) is 11.1 Å². The summed E-state index contributed by atoms with van der Waals surface area (Å²) in [5.74, 6) is 0.180. The maximum atomic E-state index is 11.3. The first-order valence-electron chi connectivity index (χ1n) is 4.01. The molecule has 1 aliphatic rings. The van der Waals surface area contributed by atoms with Crippen molar-refractivity contribution < 1.29 is 4.79 Å². The van der Waals surface area contributed by atoms with Gasteiger partial charge in [-0.05, 0) is 18.6 Å². The SMILES string of the molecule is O=C1CCCN1c1[c]nccc1. The normalized spacial score (nSPS) is 17.0. The smallest absolute Gasteiger partial charge is 0.227 e. The fraction of sp³-hybridized carbons (Fsp3) is 0.333. The summed E-state index contributed by atoms with van der Waals surface area (Å²) in [6.45, 7) is 0.807. The molecule has 0 atom stereocenters. The Morgan fingerprint density at radius 2 is 2.50 bits per heavy atom. The number of pyridine rings is 1. The van der Waals surface area contributed by atoms with Crippen LogP contribution in [-0.2, 0) is 4.79 Å². The van der Waals surface area contributed by atoms with Crippen molar-refractivity contribution in [3.05, 3.63) is 24.5 Å². The number of carbonyl (C=O) groups is 1. The van der Waals surface area contributed by atoms with Gasteiger partial charge in [-0.2, -0.15) is 0 Å². The third-order valence-corrected chi connectivity index (χ3v) is 1.96. The standard InChI is InChI=1S/C9H9N2O/c12-9-4-2-6-11(9)8-3-1-5-10-7-8/h1,3,5H,2,4,6H2. The highest BCUT2D eigenvalue weighted by molar-refractivity contribution is 5.94. The second-order valence-corrected chi connectivity index (χ2v) is 2.78. The minimum absolute atomic E-state index is 0.180. The second-order valence-electron chi connectivity index (χ2n) is 2.78. The molecule has 1 amide bonds. The van der Waals surface area contributed by atoms with E-state index in [0.29, 0.717) is 6.42 Å². The largest absolute Gasteiger partial charge is 0.310 e. The Labute approximate surface area is 71.0 Å². The van der Waals surface area contributed by atoms with Crippen molar-refractivity contribution in [3.8, 4) is 0 Å². The number of carbonyl (C=O) groups excluding carboxylic acids is 1. The Hall–Kier alpha value is -1.38. The van der Waals surface area contributed by atoms with Gasteiger partial charge in [-0.1, -0.05) is 0 Å². The molecule has 3 heteroatoms. The topological polar surface area (TPSA) is 33.2 Å². The van der Waals surface area contributed by atoms with Crippen LogP contribution in [0.15, 0.2) is 18.3 Å². The van der Waals surface area contributed by atoms with Crippen LogP contribution in [0.4, 0.5) is 5.69 Å². The van der Waals surface area contributed by atoms with E-state index in [-0.39, 0.29) is 5.91 Å². The van der Waals surface area contributed by atoms with Gasteiger partial charge in [0.15, 0.2) is 0 Å². The van der Waals surface area contributed by atoms with Gasteiger partial charge in [-0.3, -0.25) is 9.78 Å². The number of hydrogen-bond donors (Lipinski definition) is 0. The molecule has 1 aromatic heterocycles. The summed E-state index contributed by atoms with van der Waals surface area (Å²) in [5, 5.41) is 0. The number of hydrogen-bond acceptors (Lipinski definition) is 2. The van der Waals surface area contributed by atoms with Crippen LogP contribution in [0.2, 0.25) is 0 Å². The molecule has 2 rings (SSSR count). The maximum absolute atomic E-state index is 11.3. The number of nitrogens with zero attached hydrogens (tertiary/aromatic N) is 2. The van der Waals surface area contributed by atoms with Crippen LogP contribution in [0, 0.1) is 6.20 Å². The van der Waals surface area contributed by atoms with Gasteiger partial charge in [0.1, 0.15) is 6.20 Å². The minimum Gasteiger partial charge on any atom is -0.310 e. The molecule has 0 aliphatic carbocycles. The molecule has 1 aromatic rings. The molecule has 3 nitrogen and oxygen atoms in total. The summed E-state index contributed by atoms with van der Waals surface area (Å²) in [4.78, 5) is 16.8. The molecular formula is C9H9N2O. The van der Waals surface area contributed by atoms with Gasteiger partial charge >= 0.3 is 0 Å². The molecule has 0 spiro atoms. The Kier molecular flexibility index (Phi) is 1.78. The van der Waals surface area contributed by atoms with Crippen molar-refractivity contribution in [1.82, 2.24) is 4.98 Å². The van der Waals surface area contributed by atoms with E-state index in [2.05, 4.69) is 11.2 Å². The van der Waals surface area contributed by atoms with E-state index < -0.39 is 0 Å². The first-order valence-corrected chi connectivity index (χ1v) is 4.01. The molecule has 61 valence electrons. The van der Waals surface area contributed by atoms with Gasteiger partial charge < -0.3 is 4.90 Å². The molecule has 0 bridgehead atoms. The van der Waals surface area contributed by atoms with Gasteiger partial charge in [0.05, 0.1) is 5.69 Å². The van der Waals surface area contributed by atoms with E-state index in [9.17, 15) is 4.79 Å². The summed E-state index contributed by atoms with van der Waals surface area (Å²) in [6.07, 6.45) is 6.05. The van der Waals surface area contributed by atoms with Crippen molar-refractivity contribution >= 4 is 11.6 Å². The summed E-state index contributed by atoms with van der Waals surface area (Å²) >= 11 is 0. The quantitative estimate of drug-likeness (QED) is 0.615. The maximum Gasteiger partial charge on any atom is 0.227 e. The molecule has 1 saturated heterocycles.